The lowest BCUT2D eigenvalue weighted by atomic mass is 10.0. The number of nitrogens with two attached hydrogens (primary N) is 1. The summed E-state index contributed by atoms with van der Waals surface area (Å²) in [6.07, 6.45) is 2.41. The monoisotopic (exact) mass is 158 g/mol. The van der Waals surface area contributed by atoms with Gasteiger partial charge in [-0.2, -0.15) is 0 Å². The summed E-state index contributed by atoms with van der Waals surface area (Å²) in [4.78, 5) is 0. The lowest BCUT2D eigenvalue weighted by Gasteiger charge is -2.21. The van der Waals surface area contributed by atoms with E-state index in [1.165, 1.54) is 12.8 Å². The quantitative estimate of drug-likeness (QED) is 0.564. The first-order valence-electron chi connectivity index (χ1n) is 4.42. The van der Waals surface area contributed by atoms with Crippen LogP contribution in [0, 0.1) is 5.92 Å². The fourth-order valence-corrected chi connectivity index (χ4v) is 1.36. The van der Waals surface area contributed by atoms with Crippen LogP contribution in [0.1, 0.15) is 12.8 Å². The minimum atomic E-state index is 0.739. The van der Waals surface area contributed by atoms with Gasteiger partial charge < -0.3 is 15.8 Å². The molecule has 0 bridgehead atoms. The molecule has 3 N–H and O–H groups in total. The number of rotatable bonds is 4. The molecular weight excluding hydrogens is 140 g/mol. The van der Waals surface area contributed by atoms with Crippen molar-refractivity contribution >= 4 is 0 Å². The van der Waals surface area contributed by atoms with Crippen LogP contribution in [0.25, 0.3) is 0 Å². The molecule has 0 aromatic heterocycles. The third-order valence-corrected chi connectivity index (χ3v) is 2.10. The lowest BCUT2D eigenvalue weighted by Crippen LogP contribution is -2.30. The highest BCUT2D eigenvalue weighted by molar-refractivity contribution is 4.65. The van der Waals surface area contributed by atoms with E-state index in [0.717, 1.165) is 38.8 Å². The predicted molar refractivity (Wildman–Crippen MR) is 45.5 cm³/mol. The van der Waals surface area contributed by atoms with E-state index in [0.29, 0.717) is 0 Å². The molecule has 1 heterocycles. The molecule has 66 valence electrons. The third kappa shape index (κ3) is 3.70. The van der Waals surface area contributed by atoms with E-state index >= 15 is 0 Å². The Hall–Kier alpha value is -0.120. The number of hydrogen-bond donors (Lipinski definition) is 2. The van der Waals surface area contributed by atoms with Crippen LogP contribution in [0.15, 0.2) is 0 Å². The first kappa shape index (κ1) is 8.97. The lowest BCUT2D eigenvalue weighted by molar-refractivity contribution is 0.0664. The van der Waals surface area contributed by atoms with Gasteiger partial charge in [0.15, 0.2) is 0 Å². The van der Waals surface area contributed by atoms with E-state index < -0.39 is 0 Å². The van der Waals surface area contributed by atoms with Crippen LogP contribution in [0.2, 0.25) is 0 Å². The van der Waals surface area contributed by atoms with Gasteiger partial charge in [-0.05, 0) is 25.3 Å². The average Bonchev–Trinajstić information content (AvgIpc) is 2.07. The SMILES string of the molecule is NCCNCC1CCOCC1. The standard InChI is InChI=1S/C8H18N2O/c9-3-4-10-7-8-1-5-11-6-2-8/h8,10H,1-7,9H2. The normalized spacial score (nSPS) is 20.5. The molecule has 1 rings (SSSR count). The van der Waals surface area contributed by atoms with Gasteiger partial charge in [0.1, 0.15) is 0 Å². The minimum Gasteiger partial charge on any atom is -0.381 e. The van der Waals surface area contributed by atoms with Gasteiger partial charge >= 0.3 is 0 Å². The van der Waals surface area contributed by atoms with Crippen molar-refractivity contribution in [2.75, 3.05) is 32.8 Å². The molecule has 0 aromatic rings. The fourth-order valence-electron chi connectivity index (χ4n) is 1.36. The second kappa shape index (κ2) is 5.52. The molecule has 1 saturated heterocycles. The van der Waals surface area contributed by atoms with Crippen molar-refractivity contribution in [1.82, 2.24) is 5.32 Å². The van der Waals surface area contributed by atoms with E-state index in [1.807, 2.05) is 0 Å². The molecule has 0 saturated carbocycles. The van der Waals surface area contributed by atoms with Crippen LogP contribution in [0.5, 0.6) is 0 Å². The maximum Gasteiger partial charge on any atom is 0.0469 e. The third-order valence-electron chi connectivity index (χ3n) is 2.10. The van der Waals surface area contributed by atoms with E-state index in [-0.39, 0.29) is 0 Å². The van der Waals surface area contributed by atoms with Crippen LogP contribution in [-0.2, 0) is 4.74 Å². The maximum absolute atomic E-state index is 5.36. The highest BCUT2D eigenvalue weighted by Gasteiger charge is 2.12. The minimum absolute atomic E-state index is 0.739. The molecule has 1 aliphatic heterocycles. The Morgan fingerprint density at radius 1 is 1.36 bits per heavy atom. The van der Waals surface area contributed by atoms with Crippen molar-refractivity contribution in [3.63, 3.8) is 0 Å². The molecule has 11 heavy (non-hydrogen) atoms. The Balaban J connectivity index is 1.96. The van der Waals surface area contributed by atoms with Crippen LogP contribution in [0.3, 0.4) is 0 Å². The average molecular weight is 158 g/mol. The Morgan fingerprint density at radius 3 is 2.73 bits per heavy atom. The molecule has 0 aromatic carbocycles. The van der Waals surface area contributed by atoms with E-state index in [9.17, 15) is 0 Å². The van der Waals surface area contributed by atoms with Gasteiger partial charge in [0, 0.05) is 26.3 Å². The van der Waals surface area contributed by atoms with Crippen molar-refractivity contribution in [3.05, 3.63) is 0 Å². The summed E-state index contributed by atoms with van der Waals surface area (Å²) in [7, 11) is 0. The second-order valence-electron chi connectivity index (χ2n) is 3.05. The van der Waals surface area contributed by atoms with Crippen LogP contribution in [-0.4, -0.2) is 32.8 Å². The summed E-state index contributed by atoms with van der Waals surface area (Å²) >= 11 is 0. The predicted octanol–water partition coefficient (Wildman–Crippen LogP) is -0.0387. The van der Waals surface area contributed by atoms with Crippen molar-refractivity contribution in [2.45, 2.75) is 12.8 Å². The summed E-state index contributed by atoms with van der Waals surface area (Å²) in [5, 5.41) is 3.32. The summed E-state index contributed by atoms with van der Waals surface area (Å²) < 4.78 is 5.25. The fraction of sp³-hybridized carbons (Fsp3) is 1.00. The Morgan fingerprint density at radius 2 is 2.09 bits per heavy atom. The Labute approximate surface area is 68.3 Å². The summed E-state index contributed by atoms with van der Waals surface area (Å²) in [5.74, 6) is 0.815. The summed E-state index contributed by atoms with van der Waals surface area (Å²) in [5.41, 5.74) is 5.36. The molecule has 3 heteroatoms. The van der Waals surface area contributed by atoms with Gasteiger partial charge in [-0.15, -0.1) is 0 Å². The number of ether oxygens (including phenoxy) is 1. The van der Waals surface area contributed by atoms with Crippen LogP contribution < -0.4 is 11.1 Å². The Bertz CT molecular complexity index is 92.1. The van der Waals surface area contributed by atoms with Crippen LogP contribution >= 0.6 is 0 Å². The highest BCUT2D eigenvalue weighted by Crippen LogP contribution is 2.12. The van der Waals surface area contributed by atoms with E-state index in [2.05, 4.69) is 5.32 Å². The van der Waals surface area contributed by atoms with Crippen LogP contribution in [0.4, 0.5) is 0 Å². The largest absolute Gasteiger partial charge is 0.381 e. The van der Waals surface area contributed by atoms with Crippen molar-refractivity contribution in [2.24, 2.45) is 11.7 Å². The van der Waals surface area contributed by atoms with Crippen molar-refractivity contribution in [1.29, 1.82) is 0 Å². The second-order valence-corrected chi connectivity index (χ2v) is 3.05. The zero-order valence-corrected chi connectivity index (χ0v) is 7.01. The zero-order chi connectivity index (χ0) is 7.94. The van der Waals surface area contributed by atoms with Gasteiger partial charge in [-0.1, -0.05) is 0 Å². The molecule has 0 aliphatic carbocycles. The van der Waals surface area contributed by atoms with Crippen molar-refractivity contribution < 1.29 is 4.74 Å². The maximum atomic E-state index is 5.36. The molecule has 1 aliphatic rings. The molecule has 0 radical (unpaired) electrons. The van der Waals surface area contributed by atoms with E-state index in [4.69, 9.17) is 10.5 Å². The number of hydrogen-bond acceptors (Lipinski definition) is 3. The molecule has 0 atom stereocenters. The smallest absolute Gasteiger partial charge is 0.0469 e. The molecule has 1 fully saturated rings. The zero-order valence-electron chi connectivity index (χ0n) is 7.01. The van der Waals surface area contributed by atoms with Gasteiger partial charge in [0.25, 0.3) is 0 Å². The summed E-state index contributed by atoms with van der Waals surface area (Å²) in [6.45, 7) is 4.67. The van der Waals surface area contributed by atoms with Gasteiger partial charge in [0.05, 0.1) is 0 Å². The molecular formula is C8H18N2O. The van der Waals surface area contributed by atoms with Gasteiger partial charge in [-0.25, -0.2) is 0 Å². The van der Waals surface area contributed by atoms with Crippen molar-refractivity contribution in [3.8, 4) is 0 Å². The van der Waals surface area contributed by atoms with Gasteiger partial charge in [0.2, 0.25) is 0 Å². The Kier molecular flexibility index (Phi) is 4.50. The van der Waals surface area contributed by atoms with Gasteiger partial charge in [-0.3, -0.25) is 0 Å². The first-order chi connectivity index (χ1) is 5.43. The molecule has 0 spiro atoms. The topological polar surface area (TPSA) is 47.3 Å². The highest BCUT2D eigenvalue weighted by atomic mass is 16.5. The molecule has 3 nitrogen and oxygen atoms in total. The summed E-state index contributed by atoms with van der Waals surface area (Å²) in [6, 6.07) is 0. The van der Waals surface area contributed by atoms with E-state index in [1.54, 1.807) is 0 Å². The molecule has 0 amide bonds. The first-order valence-corrected chi connectivity index (χ1v) is 4.42. The number of nitrogens with one attached hydrogen (secondary N) is 1. The molecule has 0 unspecified atom stereocenters.